The molecule has 0 aromatic heterocycles. The number of hydrogen-bond acceptors (Lipinski definition) is 4. The van der Waals surface area contributed by atoms with Crippen LogP contribution in [0.4, 0.5) is 0 Å². The van der Waals surface area contributed by atoms with E-state index in [1.54, 1.807) is 6.92 Å². The summed E-state index contributed by atoms with van der Waals surface area (Å²) >= 11 is 16.8. The Kier molecular flexibility index (Phi) is 6.33. The van der Waals surface area contributed by atoms with Crippen molar-refractivity contribution in [3.8, 4) is 0 Å². The second-order valence-corrected chi connectivity index (χ2v) is 7.20. The fourth-order valence-corrected chi connectivity index (χ4v) is 2.15. The van der Waals surface area contributed by atoms with Crippen molar-refractivity contribution in [3.05, 3.63) is 0 Å². The van der Waals surface area contributed by atoms with Gasteiger partial charge < -0.3 is 5.73 Å². The number of hydrogen-bond donors (Lipinski definition) is 2. The molecule has 1 saturated heterocycles. The molecule has 2 atom stereocenters. The van der Waals surface area contributed by atoms with Gasteiger partial charge in [0.25, 0.3) is 5.91 Å². The van der Waals surface area contributed by atoms with Gasteiger partial charge in [0, 0.05) is 19.4 Å². The molecule has 0 spiro atoms. The van der Waals surface area contributed by atoms with Crippen LogP contribution in [-0.4, -0.2) is 39.1 Å². The lowest BCUT2D eigenvalue weighted by molar-refractivity contribution is -0.139. The number of Topliss-reactive ketones (excluding diaryl/α,β-unsaturated/α-hetero) is 1. The summed E-state index contributed by atoms with van der Waals surface area (Å²) in [5, 5.41) is 1.41. The summed E-state index contributed by atoms with van der Waals surface area (Å²) in [7, 11) is 0. The van der Waals surface area contributed by atoms with Crippen molar-refractivity contribution in [2.24, 2.45) is 5.73 Å². The minimum atomic E-state index is -1.42. The minimum absolute atomic E-state index is 0.0616. The summed E-state index contributed by atoms with van der Waals surface area (Å²) in [4.78, 5) is 23.7. The van der Waals surface area contributed by atoms with Gasteiger partial charge in [-0.2, -0.15) is 0 Å². The number of nitrogens with zero attached hydrogens (tertiary/aromatic N) is 1. The fraction of sp³-hybridized carbons (Fsp3) is 0.818. The third kappa shape index (κ3) is 5.83. The molecule has 8 heteroatoms. The number of alkyl halides is 3. The monoisotopic (exact) mass is 329 g/mol. The molecule has 1 heterocycles. The number of nitrogens with one attached hydrogen (secondary N) is 1. The number of amides is 1. The van der Waals surface area contributed by atoms with Gasteiger partial charge in [-0.05, 0) is 19.8 Å². The summed E-state index contributed by atoms with van der Waals surface area (Å²) < 4.78 is -1.42. The zero-order valence-corrected chi connectivity index (χ0v) is 12.9. The molecule has 1 rings (SSSR count). The number of hydrazine groups is 1. The topological polar surface area (TPSA) is 75.4 Å². The number of halogens is 3. The molecule has 1 aliphatic rings. The Balaban J connectivity index is 2.50. The fourth-order valence-electron chi connectivity index (χ4n) is 1.86. The van der Waals surface area contributed by atoms with E-state index in [1.165, 1.54) is 5.01 Å². The molecular formula is C11H18Cl3N3O2. The van der Waals surface area contributed by atoms with Crippen molar-refractivity contribution in [2.75, 3.05) is 6.54 Å². The van der Waals surface area contributed by atoms with Crippen molar-refractivity contribution in [2.45, 2.75) is 48.5 Å². The molecule has 110 valence electrons. The molecule has 0 unspecified atom stereocenters. The Morgan fingerprint density at radius 2 is 2.11 bits per heavy atom. The van der Waals surface area contributed by atoms with E-state index in [0.29, 0.717) is 13.0 Å². The van der Waals surface area contributed by atoms with Crippen molar-refractivity contribution in [3.63, 3.8) is 0 Å². The van der Waals surface area contributed by atoms with Crippen LogP contribution in [0.15, 0.2) is 0 Å². The van der Waals surface area contributed by atoms with E-state index in [9.17, 15) is 9.59 Å². The van der Waals surface area contributed by atoms with E-state index in [2.05, 4.69) is 5.43 Å². The van der Waals surface area contributed by atoms with Gasteiger partial charge in [-0.3, -0.25) is 14.6 Å². The Hall–Kier alpha value is -0.0700. The number of rotatable bonds is 4. The lowest BCUT2D eigenvalue weighted by Gasteiger charge is -2.34. The normalized spacial score (nSPS) is 22.2. The van der Waals surface area contributed by atoms with E-state index >= 15 is 0 Å². The zero-order chi connectivity index (χ0) is 14.6. The molecule has 0 saturated carbocycles. The van der Waals surface area contributed by atoms with Gasteiger partial charge in [-0.1, -0.05) is 34.8 Å². The third-order valence-corrected chi connectivity index (χ3v) is 3.45. The Morgan fingerprint density at radius 3 is 2.63 bits per heavy atom. The second-order valence-electron chi connectivity index (χ2n) is 4.68. The van der Waals surface area contributed by atoms with Crippen molar-refractivity contribution in [1.82, 2.24) is 10.4 Å². The maximum Gasteiger partial charge on any atom is 0.253 e. The van der Waals surface area contributed by atoms with Crippen LogP contribution in [0.2, 0.25) is 0 Å². The van der Waals surface area contributed by atoms with Crippen LogP contribution >= 0.6 is 34.8 Å². The first-order valence-corrected chi connectivity index (χ1v) is 7.26. The quantitative estimate of drug-likeness (QED) is 0.767. The lowest BCUT2D eigenvalue weighted by Crippen LogP contribution is -2.58. The van der Waals surface area contributed by atoms with Gasteiger partial charge in [0.1, 0.15) is 0 Å². The van der Waals surface area contributed by atoms with Gasteiger partial charge >= 0.3 is 0 Å². The SMILES string of the molecule is C[C@H](N)C(=O)N1CCC[C@@H](C(=O)CCC(Cl)(Cl)Cl)N1. The van der Waals surface area contributed by atoms with Gasteiger partial charge in [-0.25, -0.2) is 5.43 Å². The molecule has 0 bridgehead atoms. The average Bonchev–Trinajstić information content (AvgIpc) is 2.34. The highest BCUT2D eigenvalue weighted by atomic mass is 35.6. The Bertz CT molecular complexity index is 345. The van der Waals surface area contributed by atoms with Crippen LogP contribution in [0.5, 0.6) is 0 Å². The van der Waals surface area contributed by atoms with Gasteiger partial charge in [0.05, 0.1) is 12.1 Å². The first-order valence-electron chi connectivity index (χ1n) is 6.13. The highest BCUT2D eigenvalue weighted by Gasteiger charge is 2.30. The predicted molar refractivity (Wildman–Crippen MR) is 76.1 cm³/mol. The van der Waals surface area contributed by atoms with E-state index < -0.39 is 15.9 Å². The molecule has 0 aromatic carbocycles. The maximum atomic E-state index is 12.0. The number of nitrogens with two attached hydrogens (primary N) is 1. The Morgan fingerprint density at radius 1 is 1.47 bits per heavy atom. The minimum Gasteiger partial charge on any atom is -0.320 e. The molecule has 3 N–H and O–H groups in total. The summed E-state index contributed by atoms with van der Waals surface area (Å²) in [6.07, 6.45) is 1.74. The molecule has 1 fully saturated rings. The summed E-state index contributed by atoms with van der Waals surface area (Å²) in [6, 6.07) is -1.01. The van der Waals surface area contributed by atoms with Crippen molar-refractivity contribution >= 4 is 46.5 Å². The van der Waals surface area contributed by atoms with Crippen molar-refractivity contribution in [1.29, 1.82) is 0 Å². The molecule has 1 amide bonds. The maximum absolute atomic E-state index is 12.0. The predicted octanol–water partition coefficient (Wildman–Crippen LogP) is 1.55. The van der Waals surface area contributed by atoms with Crippen molar-refractivity contribution < 1.29 is 9.59 Å². The van der Waals surface area contributed by atoms with Gasteiger partial charge in [-0.15, -0.1) is 0 Å². The summed E-state index contributed by atoms with van der Waals surface area (Å²) in [6.45, 7) is 2.16. The van der Waals surface area contributed by atoms with Gasteiger partial charge in [0.2, 0.25) is 0 Å². The van der Waals surface area contributed by atoms with E-state index in [4.69, 9.17) is 40.5 Å². The van der Waals surface area contributed by atoms with Crippen LogP contribution in [0.3, 0.4) is 0 Å². The number of ketones is 1. The summed E-state index contributed by atoms with van der Waals surface area (Å²) in [5.41, 5.74) is 8.43. The molecule has 5 nitrogen and oxygen atoms in total. The highest BCUT2D eigenvalue weighted by Crippen LogP contribution is 2.31. The highest BCUT2D eigenvalue weighted by molar-refractivity contribution is 6.67. The first kappa shape index (κ1) is 17.0. The van der Waals surface area contributed by atoms with Gasteiger partial charge in [0.15, 0.2) is 9.58 Å². The Labute approximate surface area is 127 Å². The third-order valence-electron chi connectivity index (χ3n) is 2.89. The van der Waals surface area contributed by atoms with Crippen LogP contribution in [-0.2, 0) is 9.59 Å². The van der Waals surface area contributed by atoms with Crippen LogP contribution in [0, 0.1) is 0 Å². The molecule has 0 aliphatic carbocycles. The van der Waals surface area contributed by atoms with Crippen LogP contribution < -0.4 is 11.2 Å². The van der Waals surface area contributed by atoms with Crippen LogP contribution in [0.25, 0.3) is 0 Å². The van der Waals surface area contributed by atoms with E-state index in [1.807, 2.05) is 0 Å². The zero-order valence-electron chi connectivity index (χ0n) is 10.7. The summed E-state index contributed by atoms with van der Waals surface area (Å²) in [5.74, 6) is -0.285. The van der Waals surface area contributed by atoms with E-state index in [-0.39, 0.29) is 24.5 Å². The average molecular weight is 331 g/mol. The largest absolute Gasteiger partial charge is 0.320 e. The first-order chi connectivity index (χ1) is 8.70. The number of carbonyl (C=O) groups is 2. The van der Waals surface area contributed by atoms with E-state index in [0.717, 1.165) is 6.42 Å². The van der Waals surface area contributed by atoms with Crippen LogP contribution in [0.1, 0.15) is 32.6 Å². The molecule has 1 aliphatic heterocycles. The molecular weight excluding hydrogens is 312 g/mol. The smallest absolute Gasteiger partial charge is 0.253 e. The lowest BCUT2D eigenvalue weighted by atomic mass is 10.0. The second kappa shape index (κ2) is 7.09. The standard InChI is InChI=1S/C11H18Cl3N3O2/c1-7(15)10(19)17-6-2-3-8(16-17)9(18)4-5-11(12,13)14/h7-8,16H,2-6,15H2,1H3/t7-,8-/m0/s1. The number of carbonyl (C=O) groups excluding carboxylic acids is 2. The molecule has 19 heavy (non-hydrogen) atoms. The molecule has 0 radical (unpaired) electrons. The molecule has 0 aromatic rings.